The zero-order valence-electron chi connectivity index (χ0n) is 27.6. The quantitative estimate of drug-likeness (QED) is 0.0810. The number of aliphatic hydroxyl groups excluding tert-OH is 1. The van der Waals surface area contributed by atoms with E-state index in [1.54, 1.807) is 0 Å². The number of phenolic OH excluding ortho intramolecular Hbond substituents is 3. The van der Waals surface area contributed by atoms with Gasteiger partial charge in [0.1, 0.15) is 23.0 Å². The summed E-state index contributed by atoms with van der Waals surface area (Å²) in [7, 11) is 0. The molecule has 0 saturated carbocycles. The Balaban J connectivity index is 1.29. The molecule has 0 aliphatic carbocycles. The third-order valence-electron chi connectivity index (χ3n) is 8.49. The summed E-state index contributed by atoms with van der Waals surface area (Å²) >= 11 is 0. The van der Waals surface area contributed by atoms with E-state index >= 15 is 0 Å². The molecule has 0 aliphatic heterocycles. The molecule has 246 valence electrons. The number of hydrogen-bond donors (Lipinski definition) is 5. The lowest BCUT2D eigenvalue weighted by Crippen LogP contribution is -2.38. The van der Waals surface area contributed by atoms with Crippen molar-refractivity contribution in [2.75, 3.05) is 26.2 Å². The Bertz CT molecular complexity index is 1460. The van der Waals surface area contributed by atoms with Gasteiger partial charge in [0.2, 0.25) is 0 Å². The Morgan fingerprint density at radius 2 is 1.37 bits per heavy atom. The van der Waals surface area contributed by atoms with Gasteiger partial charge in [-0.2, -0.15) is 0 Å². The fourth-order valence-corrected chi connectivity index (χ4v) is 6.06. The monoisotopic (exact) mass is 626 g/mol. The summed E-state index contributed by atoms with van der Waals surface area (Å²) < 4.78 is 6.08. The van der Waals surface area contributed by atoms with Crippen LogP contribution in [0.5, 0.6) is 23.0 Å². The molecule has 0 spiro atoms. The second-order valence-electron chi connectivity index (χ2n) is 12.6. The van der Waals surface area contributed by atoms with Crippen molar-refractivity contribution in [3.05, 3.63) is 119 Å². The maximum absolute atomic E-state index is 11.0. The lowest BCUT2D eigenvalue weighted by atomic mass is 9.86. The van der Waals surface area contributed by atoms with Crippen LogP contribution in [0.4, 0.5) is 0 Å². The molecule has 0 fully saturated rings. The molecule has 2 atom stereocenters. The number of nitrogens with zero attached hydrogens (tertiary/aromatic N) is 1. The van der Waals surface area contributed by atoms with E-state index in [0.717, 1.165) is 48.2 Å². The van der Waals surface area contributed by atoms with E-state index in [2.05, 4.69) is 68.2 Å². The highest BCUT2D eigenvalue weighted by Gasteiger charge is 2.22. The highest BCUT2D eigenvalue weighted by Crippen LogP contribution is 2.35. The van der Waals surface area contributed by atoms with Crippen molar-refractivity contribution in [1.82, 2.24) is 10.2 Å². The molecule has 0 unspecified atom stereocenters. The SMILES string of the molecule is CC(C)N(CC[C@H](c1ccccc1)c1cc(CCOc2ccc(CCNC[C@H](O)c3cc(O)cc(O)c3)cc2)ccc1O)C(C)C. The molecule has 46 heavy (non-hydrogen) atoms. The first-order valence-corrected chi connectivity index (χ1v) is 16.4. The van der Waals surface area contributed by atoms with Gasteiger partial charge in [0.15, 0.2) is 0 Å². The average molecular weight is 627 g/mol. The van der Waals surface area contributed by atoms with E-state index in [4.69, 9.17) is 4.74 Å². The van der Waals surface area contributed by atoms with Crippen molar-refractivity contribution in [2.24, 2.45) is 0 Å². The molecular formula is C39H50N2O5. The maximum Gasteiger partial charge on any atom is 0.119 e. The van der Waals surface area contributed by atoms with E-state index in [1.807, 2.05) is 42.5 Å². The lowest BCUT2D eigenvalue weighted by molar-refractivity contribution is 0.170. The molecule has 0 saturated heterocycles. The predicted octanol–water partition coefficient (Wildman–Crippen LogP) is 6.93. The number of ether oxygens (including phenoxy) is 1. The minimum absolute atomic E-state index is 0.0771. The van der Waals surface area contributed by atoms with Crippen LogP contribution in [0.3, 0.4) is 0 Å². The third kappa shape index (κ3) is 10.2. The zero-order chi connectivity index (χ0) is 33.1. The van der Waals surface area contributed by atoms with Gasteiger partial charge in [-0.05, 0) is 106 Å². The van der Waals surface area contributed by atoms with Crippen molar-refractivity contribution in [1.29, 1.82) is 0 Å². The second kappa shape index (κ2) is 17.0. The van der Waals surface area contributed by atoms with Crippen LogP contribution in [0.15, 0.2) is 91.0 Å². The van der Waals surface area contributed by atoms with Crippen LogP contribution in [0, 0.1) is 0 Å². The second-order valence-corrected chi connectivity index (χ2v) is 12.6. The van der Waals surface area contributed by atoms with E-state index < -0.39 is 6.10 Å². The Kier molecular flexibility index (Phi) is 12.9. The Morgan fingerprint density at radius 3 is 2.02 bits per heavy atom. The highest BCUT2D eigenvalue weighted by molar-refractivity contribution is 5.44. The molecule has 7 heteroatoms. The van der Waals surface area contributed by atoms with E-state index in [-0.39, 0.29) is 17.4 Å². The van der Waals surface area contributed by atoms with Crippen molar-refractivity contribution in [3.8, 4) is 23.0 Å². The van der Waals surface area contributed by atoms with Crippen LogP contribution < -0.4 is 10.1 Å². The van der Waals surface area contributed by atoms with Crippen LogP contribution in [0.1, 0.15) is 74.0 Å². The molecule has 4 aromatic carbocycles. The van der Waals surface area contributed by atoms with Crippen LogP contribution in [-0.4, -0.2) is 63.7 Å². The fraction of sp³-hybridized carbons (Fsp3) is 0.385. The number of aromatic hydroxyl groups is 3. The first-order chi connectivity index (χ1) is 22.1. The summed E-state index contributed by atoms with van der Waals surface area (Å²) in [4.78, 5) is 2.50. The number of aliphatic hydroxyl groups is 1. The third-order valence-corrected chi connectivity index (χ3v) is 8.49. The number of benzene rings is 4. The van der Waals surface area contributed by atoms with Gasteiger partial charge in [-0.15, -0.1) is 0 Å². The Hall–Kier alpha value is -4.04. The molecule has 0 heterocycles. The van der Waals surface area contributed by atoms with Crippen molar-refractivity contribution < 1.29 is 25.2 Å². The van der Waals surface area contributed by atoms with Gasteiger partial charge >= 0.3 is 0 Å². The minimum Gasteiger partial charge on any atom is -0.508 e. The minimum atomic E-state index is -0.831. The zero-order valence-corrected chi connectivity index (χ0v) is 27.6. The molecule has 7 nitrogen and oxygen atoms in total. The predicted molar refractivity (Wildman–Crippen MR) is 185 cm³/mol. The Labute approximate surface area is 274 Å². The van der Waals surface area contributed by atoms with Gasteiger partial charge in [-0.1, -0.05) is 54.6 Å². The lowest BCUT2D eigenvalue weighted by Gasteiger charge is -2.32. The van der Waals surface area contributed by atoms with Crippen LogP contribution in [-0.2, 0) is 12.8 Å². The van der Waals surface area contributed by atoms with Gasteiger partial charge in [0.05, 0.1) is 12.7 Å². The van der Waals surface area contributed by atoms with Crippen LogP contribution in [0.25, 0.3) is 0 Å². The summed E-state index contributed by atoms with van der Waals surface area (Å²) in [6, 6.07) is 29.5. The van der Waals surface area contributed by atoms with Crippen LogP contribution >= 0.6 is 0 Å². The molecule has 4 rings (SSSR count). The maximum atomic E-state index is 11.0. The standard InChI is InChI=1S/C39H50N2O5/c1-27(2)41(28(3)4)20-17-36(31-8-6-5-7-9-31)37-22-30(12-15-38(37)44)18-21-46-35-13-10-29(11-14-35)16-19-40-26-39(45)32-23-33(42)25-34(43)24-32/h5-15,22-25,27-28,36,39-40,42-45H,16-21,26H2,1-4H3/t36-,39+/m1/s1. The van der Waals surface area contributed by atoms with E-state index in [9.17, 15) is 20.4 Å². The van der Waals surface area contributed by atoms with Crippen molar-refractivity contribution in [3.63, 3.8) is 0 Å². The average Bonchev–Trinajstić information content (AvgIpc) is 3.02. The number of hydrogen-bond acceptors (Lipinski definition) is 7. The smallest absolute Gasteiger partial charge is 0.119 e. The topological polar surface area (TPSA) is 105 Å². The van der Waals surface area contributed by atoms with Crippen molar-refractivity contribution >= 4 is 0 Å². The fourth-order valence-electron chi connectivity index (χ4n) is 6.06. The normalized spacial score (nSPS) is 13.0. The molecule has 5 N–H and O–H groups in total. The number of phenols is 3. The van der Waals surface area contributed by atoms with Gasteiger partial charge in [-0.3, -0.25) is 4.90 Å². The Morgan fingerprint density at radius 1 is 0.717 bits per heavy atom. The highest BCUT2D eigenvalue weighted by atomic mass is 16.5. The van der Waals surface area contributed by atoms with Gasteiger partial charge in [0, 0.05) is 42.6 Å². The molecule has 0 bridgehead atoms. The van der Waals surface area contributed by atoms with Gasteiger partial charge in [-0.25, -0.2) is 0 Å². The number of nitrogens with one attached hydrogen (secondary N) is 1. The summed E-state index contributed by atoms with van der Waals surface area (Å²) in [5.41, 5.74) is 4.91. The largest absolute Gasteiger partial charge is 0.508 e. The summed E-state index contributed by atoms with van der Waals surface area (Å²) in [5.74, 6) is 1.07. The molecular weight excluding hydrogens is 576 g/mol. The van der Waals surface area contributed by atoms with E-state index in [1.165, 1.54) is 23.8 Å². The summed E-state index contributed by atoms with van der Waals surface area (Å²) in [6.07, 6.45) is 1.59. The summed E-state index contributed by atoms with van der Waals surface area (Å²) in [6.45, 7) is 11.4. The molecule has 0 aliphatic rings. The molecule has 0 radical (unpaired) electrons. The van der Waals surface area contributed by atoms with Gasteiger partial charge < -0.3 is 30.5 Å². The number of rotatable bonds is 17. The van der Waals surface area contributed by atoms with Crippen molar-refractivity contribution in [2.45, 2.75) is 71.1 Å². The van der Waals surface area contributed by atoms with E-state index in [0.29, 0.717) is 43.1 Å². The molecule has 4 aromatic rings. The summed E-state index contributed by atoms with van der Waals surface area (Å²) in [5, 5.41) is 43.8. The first-order valence-electron chi connectivity index (χ1n) is 16.4. The first kappa shape index (κ1) is 34.8. The molecule has 0 amide bonds. The van der Waals surface area contributed by atoms with Crippen LogP contribution in [0.2, 0.25) is 0 Å². The van der Waals surface area contributed by atoms with Gasteiger partial charge in [0.25, 0.3) is 0 Å². The molecule has 0 aromatic heterocycles.